The van der Waals surface area contributed by atoms with Crippen molar-refractivity contribution in [2.75, 3.05) is 7.11 Å². The molecule has 1 atom stereocenters. The minimum atomic E-state index is -0.762. The number of cyclic esters (lactones) is 1. The summed E-state index contributed by atoms with van der Waals surface area (Å²) in [5.41, 5.74) is 1.70. The third kappa shape index (κ3) is 5.16. The predicted octanol–water partition coefficient (Wildman–Crippen LogP) is 7.91. The molecule has 196 valence electrons. The first-order chi connectivity index (χ1) is 17.7. The first-order valence-electron chi connectivity index (χ1n) is 12.2. The normalized spacial score (nSPS) is 20.6. The monoisotopic (exact) mass is 580 g/mol. The number of imidazole rings is 1. The molecule has 0 spiro atoms. The van der Waals surface area contributed by atoms with E-state index >= 15 is 0 Å². The van der Waals surface area contributed by atoms with Gasteiger partial charge in [-0.3, -0.25) is 0 Å². The molecule has 0 bridgehead atoms. The van der Waals surface area contributed by atoms with Crippen LogP contribution in [0.2, 0.25) is 15.1 Å². The molecule has 1 fully saturated rings. The molecule has 1 aliphatic heterocycles. The number of esters is 1. The number of ether oxygens (including phenoxy) is 2. The third-order valence-electron chi connectivity index (χ3n) is 7.44. The van der Waals surface area contributed by atoms with Crippen LogP contribution in [0.4, 0.5) is 0 Å². The van der Waals surface area contributed by atoms with Crippen LogP contribution in [0.3, 0.4) is 0 Å². The number of hydrogen-bond donors (Lipinski definition) is 1. The fraction of sp³-hybridized carbons (Fsp3) is 0.407. The lowest BCUT2D eigenvalue weighted by atomic mass is 9.77. The Balaban J connectivity index is 1.42. The lowest BCUT2D eigenvalue weighted by Crippen LogP contribution is -2.45. The number of carbonyl (C=O) groups excluding carboxylic acids is 1. The molecule has 1 N–H and O–H groups in total. The van der Waals surface area contributed by atoms with E-state index < -0.39 is 11.6 Å². The zero-order valence-electron chi connectivity index (χ0n) is 20.5. The van der Waals surface area contributed by atoms with Gasteiger partial charge in [-0.25, -0.2) is 9.78 Å². The Labute approximate surface area is 234 Å². The molecule has 3 aromatic rings. The molecule has 2 heterocycles. The number of aryl methyl sites for hydroxylation is 2. The molecular formula is C27H27Cl3N2O4S. The van der Waals surface area contributed by atoms with E-state index in [4.69, 9.17) is 44.3 Å². The topological polar surface area (TPSA) is 73.6 Å². The minimum absolute atomic E-state index is 0.0454. The highest BCUT2D eigenvalue weighted by Gasteiger charge is 2.48. The largest absolute Gasteiger partial charge is 0.511 e. The van der Waals surface area contributed by atoms with E-state index in [9.17, 15) is 9.90 Å². The van der Waals surface area contributed by atoms with Crippen molar-refractivity contribution in [3.63, 3.8) is 0 Å². The van der Waals surface area contributed by atoms with Crippen LogP contribution in [0, 0.1) is 5.92 Å². The van der Waals surface area contributed by atoms with E-state index in [0.717, 1.165) is 48.5 Å². The summed E-state index contributed by atoms with van der Waals surface area (Å²) in [6.45, 7) is 0. The molecule has 1 aromatic heterocycles. The van der Waals surface area contributed by atoms with E-state index in [1.165, 1.54) is 0 Å². The number of thioether (sulfide) groups is 1. The molecule has 0 saturated heterocycles. The number of aliphatic hydroxyl groups excluding tert-OH is 1. The quantitative estimate of drug-likeness (QED) is 0.286. The van der Waals surface area contributed by atoms with E-state index in [0.29, 0.717) is 44.3 Å². The van der Waals surface area contributed by atoms with Crippen molar-refractivity contribution in [2.45, 2.75) is 55.7 Å². The van der Waals surface area contributed by atoms with Gasteiger partial charge < -0.3 is 19.1 Å². The van der Waals surface area contributed by atoms with E-state index in [1.54, 1.807) is 19.2 Å². The molecule has 0 radical (unpaired) electrons. The smallest absolute Gasteiger partial charge is 0.349 e. The fourth-order valence-electron chi connectivity index (χ4n) is 5.44. The van der Waals surface area contributed by atoms with Crippen molar-refractivity contribution in [1.82, 2.24) is 9.55 Å². The summed E-state index contributed by atoms with van der Waals surface area (Å²) in [7, 11) is 3.41. The Morgan fingerprint density at radius 2 is 1.89 bits per heavy atom. The van der Waals surface area contributed by atoms with Crippen LogP contribution < -0.4 is 4.74 Å². The molecular weight excluding hydrogens is 555 g/mol. The number of aliphatic hydroxyl groups is 1. The molecule has 6 nitrogen and oxygen atoms in total. The molecule has 37 heavy (non-hydrogen) atoms. The maximum atomic E-state index is 13.4. The summed E-state index contributed by atoms with van der Waals surface area (Å²) >= 11 is 19.8. The SMILES string of the molecule is COc1ccc(CCC2(C3CCCC3)CC(O)=C(Sc3nc4cc(Cl)c(Cl)cc4n3C)C(=O)O2)cc1Cl. The number of benzene rings is 2. The fourth-order valence-corrected chi connectivity index (χ4v) is 6.91. The Morgan fingerprint density at radius 1 is 1.16 bits per heavy atom. The number of rotatable bonds is 7. The number of carbonyl (C=O) groups is 1. The zero-order valence-corrected chi connectivity index (χ0v) is 23.6. The van der Waals surface area contributed by atoms with Gasteiger partial charge in [0, 0.05) is 13.5 Å². The number of halogens is 3. The van der Waals surface area contributed by atoms with Gasteiger partial charge in [-0.2, -0.15) is 0 Å². The Bertz CT molecular complexity index is 1400. The predicted molar refractivity (Wildman–Crippen MR) is 148 cm³/mol. The van der Waals surface area contributed by atoms with Crippen LogP contribution in [-0.4, -0.2) is 33.3 Å². The van der Waals surface area contributed by atoms with Gasteiger partial charge in [0.25, 0.3) is 0 Å². The van der Waals surface area contributed by atoms with E-state index in [1.807, 2.05) is 29.8 Å². The number of aromatic nitrogens is 2. The number of hydrogen-bond acceptors (Lipinski definition) is 6. The molecule has 1 aliphatic carbocycles. The molecule has 1 unspecified atom stereocenters. The van der Waals surface area contributed by atoms with Gasteiger partial charge in [0.1, 0.15) is 22.0 Å². The second-order valence-electron chi connectivity index (χ2n) is 9.67. The van der Waals surface area contributed by atoms with Gasteiger partial charge in [0.05, 0.1) is 33.2 Å². The molecule has 2 aromatic carbocycles. The van der Waals surface area contributed by atoms with Crippen LogP contribution >= 0.6 is 46.6 Å². The van der Waals surface area contributed by atoms with Crippen molar-refractivity contribution >= 4 is 63.6 Å². The maximum absolute atomic E-state index is 13.4. The Hall–Kier alpha value is -2.06. The first kappa shape index (κ1) is 26.5. The summed E-state index contributed by atoms with van der Waals surface area (Å²) in [6.07, 6.45) is 5.66. The van der Waals surface area contributed by atoms with Crippen molar-refractivity contribution in [2.24, 2.45) is 13.0 Å². The third-order valence-corrected chi connectivity index (χ3v) is 9.61. The second kappa shape index (κ2) is 10.6. The number of nitrogens with zero attached hydrogens (tertiary/aromatic N) is 2. The molecule has 2 aliphatic rings. The summed E-state index contributed by atoms with van der Waals surface area (Å²) in [6, 6.07) is 9.12. The van der Waals surface area contributed by atoms with Crippen molar-refractivity contribution in [3.8, 4) is 5.75 Å². The lowest BCUT2D eigenvalue weighted by molar-refractivity contribution is -0.166. The van der Waals surface area contributed by atoms with Crippen LogP contribution in [0.5, 0.6) is 5.75 Å². The Kier molecular flexibility index (Phi) is 7.60. The average molecular weight is 582 g/mol. The van der Waals surface area contributed by atoms with Gasteiger partial charge in [0.15, 0.2) is 5.16 Å². The molecule has 0 amide bonds. The molecule has 10 heteroatoms. The van der Waals surface area contributed by atoms with Crippen LogP contribution in [0.25, 0.3) is 11.0 Å². The van der Waals surface area contributed by atoms with Crippen LogP contribution in [0.1, 0.15) is 44.1 Å². The van der Waals surface area contributed by atoms with Gasteiger partial charge in [0.2, 0.25) is 0 Å². The standard InChI is InChI=1S/C27H27Cl3N2O4S/c1-32-21-13-18(29)17(28)12-20(21)31-26(32)37-24-22(33)14-27(36-25(24)34,16-5-3-4-6-16)10-9-15-7-8-23(35-2)19(30)11-15/h7-8,11-13,16,33H,3-6,9-10,14H2,1-2H3. The Morgan fingerprint density at radius 3 is 2.57 bits per heavy atom. The molecule has 5 rings (SSSR count). The highest BCUT2D eigenvalue weighted by Crippen LogP contribution is 2.48. The summed E-state index contributed by atoms with van der Waals surface area (Å²) in [5.74, 6) is 0.341. The molecule has 1 saturated carbocycles. The highest BCUT2D eigenvalue weighted by molar-refractivity contribution is 8.03. The van der Waals surface area contributed by atoms with Crippen molar-refractivity contribution in [1.29, 1.82) is 0 Å². The lowest BCUT2D eigenvalue weighted by Gasteiger charge is -2.41. The number of fused-ring (bicyclic) bond motifs is 1. The summed E-state index contributed by atoms with van der Waals surface area (Å²) in [5, 5.41) is 13.1. The van der Waals surface area contributed by atoms with E-state index in [-0.39, 0.29) is 23.0 Å². The van der Waals surface area contributed by atoms with Gasteiger partial charge in [-0.1, -0.05) is 53.7 Å². The minimum Gasteiger partial charge on any atom is -0.511 e. The van der Waals surface area contributed by atoms with Crippen molar-refractivity contribution in [3.05, 3.63) is 61.6 Å². The number of methoxy groups -OCH3 is 1. The highest BCUT2D eigenvalue weighted by atomic mass is 35.5. The van der Waals surface area contributed by atoms with Gasteiger partial charge in [-0.05, 0) is 73.2 Å². The summed E-state index contributed by atoms with van der Waals surface area (Å²) in [4.78, 5) is 18.1. The zero-order chi connectivity index (χ0) is 26.3. The first-order valence-corrected chi connectivity index (χ1v) is 14.1. The van der Waals surface area contributed by atoms with Gasteiger partial charge in [-0.15, -0.1) is 0 Å². The van der Waals surface area contributed by atoms with Gasteiger partial charge >= 0.3 is 5.97 Å². The second-order valence-corrected chi connectivity index (χ2v) is 11.9. The van der Waals surface area contributed by atoms with Crippen LogP contribution in [-0.2, 0) is 23.0 Å². The maximum Gasteiger partial charge on any atom is 0.349 e. The average Bonchev–Trinajstić information content (AvgIpc) is 3.50. The van der Waals surface area contributed by atoms with Crippen molar-refractivity contribution < 1.29 is 19.4 Å². The summed E-state index contributed by atoms with van der Waals surface area (Å²) < 4.78 is 13.3. The van der Waals surface area contributed by atoms with Crippen LogP contribution in [0.15, 0.2) is 46.2 Å². The van der Waals surface area contributed by atoms with E-state index in [2.05, 4.69) is 4.98 Å².